The molecule has 7 heteroatoms. The van der Waals surface area contributed by atoms with E-state index in [0.29, 0.717) is 5.56 Å². The number of nitrogens with zero attached hydrogens (tertiary/aromatic N) is 1. The molecular weight excluding hydrogens is 367 g/mol. The summed E-state index contributed by atoms with van der Waals surface area (Å²) in [7, 11) is -3.97. The number of nitrogens with one attached hydrogen (secondary N) is 1. The Bertz CT molecular complexity index is 1030. The van der Waals surface area contributed by atoms with Gasteiger partial charge < -0.3 is 9.73 Å². The van der Waals surface area contributed by atoms with Gasteiger partial charge in [0.1, 0.15) is 5.82 Å². The van der Waals surface area contributed by atoms with Gasteiger partial charge in [0.25, 0.3) is 0 Å². The van der Waals surface area contributed by atoms with E-state index in [0.717, 1.165) is 24.1 Å². The maximum absolute atomic E-state index is 13.2. The van der Waals surface area contributed by atoms with E-state index in [1.807, 2.05) is 45.0 Å². The van der Waals surface area contributed by atoms with Crippen LogP contribution in [0.15, 0.2) is 62.9 Å². The second-order valence-electron chi connectivity index (χ2n) is 6.43. The van der Waals surface area contributed by atoms with Gasteiger partial charge in [0, 0.05) is 11.6 Å². The summed E-state index contributed by atoms with van der Waals surface area (Å²) in [5.74, 6) is -0.210. The molecule has 0 bridgehead atoms. The molecule has 1 heterocycles. The molecule has 0 spiro atoms. The van der Waals surface area contributed by atoms with Crippen LogP contribution in [0.2, 0.25) is 0 Å². The lowest BCUT2D eigenvalue weighted by Gasteiger charge is -2.11. The number of anilines is 1. The molecule has 27 heavy (non-hydrogen) atoms. The van der Waals surface area contributed by atoms with Gasteiger partial charge >= 0.3 is 0 Å². The van der Waals surface area contributed by atoms with Crippen LogP contribution in [0.5, 0.6) is 0 Å². The molecule has 0 aliphatic carbocycles. The molecule has 1 unspecified atom stereocenters. The third-order valence-electron chi connectivity index (χ3n) is 4.26. The van der Waals surface area contributed by atoms with E-state index in [9.17, 15) is 12.8 Å². The summed E-state index contributed by atoms with van der Waals surface area (Å²) in [5, 5.41) is 2.86. The maximum atomic E-state index is 13.2. The van der Waals surface area contributed by atoms with E-state index in [1.54, 1.807) is 0 Å². The summed E-state index contributed by atoms with van der Waals surface area (Å²) in [6, 6.07) is 12.1. The van der Waals surface area contributed by atoms with Crippen LogP contribution in [0, 0.1) is 12.7 Å². The van der Waals surface area contributed by atoms with Gasteiger partial charge in [-0.1, -0.05) is 24.6 Å². The fourth-order valence-electron chi connectivity index (χ4n) is 2.45. The number of hydrogen-bond acceptors (Lipinski definition) is 5. The number of aromatic nitrogens is 1. The zero-order chi connectivity index (χ0) is 19.6. The number of hydrogen-bond donors (Lipinski definition) is 1. The first-order chi connectivity index (χ1) is 12.8. The first kappa shape index (κ1) is 19.1. The van der Waals surface area contributed by atoms with Crippen molar-refractivity contribution in [2.75, 3.05) is 5.32 Å². The van der Waals surface area contributed by atoms with Gasteiger partial charge in [0.2, 0.25) is 26.6 Å². The van der Waals surface area contributed by atoms with E-state index in [2.05, 4.69) is 10.3 Å². The Morgan fingerprint density at radius 3 is 2.33 bits per heavy atom. The highest BCUT2D eigenvalue weighted by atomic mass is 32.2. The summed E-state index contributed by atoms with van der Waals surface area (Å²) < 4.78 is 45.1. The molecule has 1 aromatic heterocycles. The Morgan fingerprint density at radius 1 is 1.11 bits per heavy atom. The fraction of sp³-hybridized carbons (Fsp3) is 0.250. The zero-order valence-corrected chi connectivity index (χ0v) is 16.2. The van der Waals surface area contributed by atoms with Gasteiger partial charge in [-0.25, -0.2) is 12.8 Å². The van der Waals surface area contributed by atoms with Crippen LogP contribution in [0.1, 0.15) is 25.8 Å². The van der Waals surface area contributed by atoms with Gasteiger partial charge in [-0.2, -0.15) is 4.98 Å². The van der Waals surface area contributed by atoms with Crippen LogP contribution in [-0.2, 0) is 9.84 Å². The third kappa shape index (κ3) is 4.03. The summed E-state index contributed by atoms with van der Waals surface area (Å²) in [4.78, 5) is 4.22. The Kier molecular flexibility index (Phi) is 5.32. The molecule has 0 aliphatic rings. The highest BCUT2D eigenvalue weighted by Gasteiger charge is 2.29. The second kappa shape index (κ2) is 7.52. The van der Waals surface area contributed by atoms with E-state index in [-0.39, 0.29) is 27.7 Å². The quantitative estimate of drug-likeness (QED) is 0.612. The molecule has 0 saturated carbocycles. The van der Waals surface area contributed by atoms with Crippen molar-refractivity contribution in [2.45, 2.75) is 43.2 Å². The van der Waals surface area contributed by atoms with E-state index in [4.69, 9.17) is 4.42 Å². The molecule has 0 fully saturated rings. The van der Waals surface area contributed by atoms with Crippen LogP contribution in [0.4, 0.5) is 10.3 Å². The Balaban J connectivity index is 2.11. The van der Waals surface area contributed by atoms with Crippen molar-refractivity contribution in [2.24, 2.45) is 0 Å². The number of sulfone groups is 1. The highest BCUT2D eigenvalue weighted by Crippen LogP contribution is 2.33. The molecule has 1 atom stereocenters. The lowest BCUT2D eigenvalue weighted by Crippen LogP contribution is -2.15. The van der Waals surface area contributed by atoms with Crippen LogP contribution < -0.4 is 5.32 Å². The SMILES string of the molecule is CCC(C)Nc1oc(-c2ccc(C)cc2)nc1S(=O)(=O)c1ccc(F)cc1. The summed E-state index contributed by atoms with van der Waals surface area (Å²) in [6.45, 7) is 5.85. The van der Waals surface area contributed by atoms with Crippen molar-refractivity contribution in [3.63, 3.8) is 0 Å². The number of benzene rings is 2. The maximum Gasteiger partial charge on any atom is 0.234 e. The average Bonchev–Trinajstić information content (AvgIpc) is 3.07. The molecule has 0 radical (unpaired) electrons. The van der Waals surface area contributed by atoms with Gasteiger partial charge in [-0.3, -0.25) is 0 Å². The molecule has 0 amide bonds. The van der Waals surface area contributed by atoms with Crippen LogP contribution in [0.25, 0.3) is 11.5 Å². The van der Waals surface area contributed by atoms with Gasteiger partial charge in [-0.05, 0) is 56.7 Å². The molecule has 3 rings (SSSR count). The van der Waals surface area contributed by atoms with Crippen molar-refractivity contribution in [1.82, 2.24) is 4.98 Å². The normalized spacial score (nSPS) is 12.7. The predicted molar refractivity (Wildman–Crippen MR) is 102 cm³/mol. The predicted octanol–water partition coefficient (Wildman–Crippen LogP) is 4.83. The molecule has 0 aliphatic heterocycles. The van der Waals surface area contributed by atoms with Crippen LogP contribution >= 0.6 is 0 Å². The van der Waals surface area contributed by atoms with Crippen LogP contribution in [0.3, 0.4) is 0 Å². The summed E-state index contributed by atoms with van der Waals surface area (Å²) >= 11 is 0. The van der Waals surface area contributed by atoms with Crippen LogP contribution in [-0.4, -0.2) is 19.4 Å². The fourth-order valence-corrected chi connectivity index (χ4v) is 3.72. The topological polar surface area (TPSA) is 72.2 Å². The minimum atomic E-state index is -3.97. The average molecular weight is 388 g/mol. The Hall–Kier alpha value is -2.67. The third-order valence-corrected chi connectivity index (χ3v) is 5.94. The van der Waals surface area contributed by atoms with Crippen molar-refractivity contribution in [1.29, 1.82) is 0 Å². The first-order valence-corrected chi connectivity index (χ1v) is 10.1. The lowest BCUT2D eigenvalue weighted by atomic mass is 10.1. The second-order valence-corrected chi connectivity index (χ2v) is 8.30. The lowest BCUT2D eigenvalue weighted by molar-refractivity contribution is 0.566. The van der Waals surface area contributed by atoms with Gasteiger partial charge in [0.15, 0.2) is 0 Å². The molecule has 142 valence electrons. The van der Waals surface area contributed by atoms with Crippen molar-refractivity contribution in [3.8, 4) is 11.5 Å². The number of oxazole rings is 1. The van der Waals surface area contributed by atoms with Crippen molar-refractivity contribution in [3.05, 3.63) is 59.9 Å². The van der Waals surface area contributed by atoms with Gasteiger partial charge in [-0.15, -0.1) is 0 Å². The minimum Gasteiger partial charge on any atom is -0.419 e. The molecular formula is C20H21FN2O3S. The van der Waals surface area contributed by atoms with E-state index >= 15 is 0 Å². The van der Waals surface area contributed by atoms with E-state index in [1.165, 1.54) is 12.1 Å². The van der Waals surface area contributed by atoms with E-state index < -0.39 is 15.7 Å². The largest absolute Gasteiger partial charge is 0.419 e. The first-order valence-electron chi connectivity index (χ1n) is 8.66. The monoisotopic (exact) mass is 388 g/mol. The number of aryl methyl sites for hydroxylation is 1. The minimum absolute atomic E-state index is 0.00835. The summed E-state index contributed by atoms with van der Waals surface area (Å²) in [5.41, 5.74) is 1.75. The molecule has 2 aromatic carbocycles. The van der Waals surface area contributed by atoms with Crippen molar-refractivity contribution >= 4 is 15.7 Å². The Morgan fingerprint density at radius 2 is 1.74 bits per heavy atom. The Labute approximate surface area is 158 Å². The molecule has 5 nitrogen and oxygen atoms in total. The summed E-state index contributed by atoms with van der Waals surface area (Å²) in [6.07, 6.45) is 0.774. The zero-order valence-electron chi connectivity index (χ0n) is 15.4. The highest BCUT2D eigenvalue weighted by molar-refractivity contribution is 7.91. The number of rotatable bonds is 6. The number of halogens is 1. The molecule has 0 saturated heterocycles. The van der Waals surface area contributed by atoms with Crippen molar-refractivity contribution < 1.29 is 17.2 Å². The smallest absolute Gasteiger partial charge is 0.234 e. The standard InChI is InChI=1S/C20H21FN2O3S/c1-4-14(3)22-19-20(27(24,25)17-11-9-16(21)10-12-17)23-18(26-19)15-7-5-13(2)6-8-15/h5-12,14,22H,4H2,1-3H3. The molecule has 1 N–H and O–H groups in total. The molecule has 3 aromatic rings. The van der Waals surface area contributed by atoms with Gasteiger partial charge in [0.05, 0.1) is 4.90 Å².